The molecule has 0 saturated carbocycles. The SMILES string of the molecule is CN(C)C(=O)[C@@H](c1ccccc1)N1CCC(c2cn[nH]c2)CC1. The normalized spacial score (nSPS) is 17.8. The van der Waals surface area contributed by atoms with Gasteiger partial charge in [-0.15, -0.1) is 0 Å². The van der Waals surface area contributed by atoms with Gasteiger partial charge < -0.3 is 4.90 Å². The molecule has 1 saturated heterocycles. The van der Waals surface area contributed by atoms with Gasteiger partial charge >= 0.3 is 0 Å². The molecule has 122 valence electrons. The van der Waals surface area contributed by atoms with Gasteiger partial charge in [-0.25, -0.2) is 0 Å². The lowest BCUT2D eigenvalue weighted by atomic mass is 9.90. The van der Waals surface area contributed by atoms with Gasteiger partial charge in [-0.05, 0) is 43.0 Å². The van der Waals surface area contributed by atoms with Crippen LogP contribution in [0, 0.1) is 0 Å². The Morgan fingerprint density at radius 3 is 2.52 bits per heavy atom. The van der Waals surface area contributed by atoms with Crippen molar-refractivity contribution >= 4 is 5.91 Å². The summed E-state index contributed by atoms with van der Waals surface area (Å²) in [5.41, 5.74) is 2.35. The quantitative estimate of drug-likeness (QED) is 0.943. The van der Waals surface area contributed by atoms with Crippen molar-refractivity contribution in [3.05, 3.63) is 53.9 Å². The maximum Gasteiger partial charge on any atom is 0.244 e. The van der Waals surface area contributed by atoms with Crippen molar-refractivity contribution < 1.29 is 4.79 Å². The third-order valence-electron chi connectivity index (χ3n) is 4.68. The first-order chi connectivity index (χ1) is 11.2. The maximum absolute atomic E-state index is 12.7. The summed E-state index contributed by atoms with van der Waals surface area (Å²) in [6.45, 7) is 1.85. The number of aromatic nitrogens is 2. The molecule has 1 atom stereocenters. The zero-order valence-electron chi connectivity index (χ0n) is 13.8. The van der Waals surface area contributed by atoms with Gasteiger partial charge in [0.25, 0.3) is 0 Å². The molecule has 1 amide bonds. The number of nitrogens with one attached hydrogen (secondary N) is 1. The number of amides is 1. The topological polar surface area (TPSA) is 52.2 Å². The summed E-state index contributed by atoms with van der Waals surface area (Å²) >= 11 is 0. The molecule has 5 heteroatoms. The molecule has 1 aliphatic rings. The van der Waals surface area contributed by atoms with E-state index >= 15 is 0 Å². The van der Waals surface area contributed by atoms with Gasteiger partial charge in [-0.3, -0.25) is 14.8 Å². The Balaban J connectivity index is 1.75. The molecule has 0 unspecified atom stereocenters. The Bertz CT molecular complexity index is 616. The predicted octanol–water partition coefficient (Wildman–Crippen LogP) is 2.42. The lowest BCUT2D eigenvalue weighted by Crippen LogP contribution is -2.43. The van der Waals surface area contributed by atoms with E-state index in [0.717, 1.165) is 31.5 Å². The number of hydrogen-bond donors (Lipinski definition) is 1. The Labute approximate surface area is 137 Å². The first-order valence-corrected chi connectivity index (χ1v) is 8.15. The second-order valence-electron chi connectivity index (χ2n) is 6.39. The van der Waals surface area contributed by atoms with Crippen molar-refractivity contribution in [3.63, 3.8) is 0 Å². The summed E-state index contributed by atoms with van der Waals surface area (Å²) in [7, 11) is 3.66. The molecular formula is C18H24N4O. The minimum Gasteiger partial charge on any atom is -0.347 e. The van der Waals surface area contributed by atoms with E-state index in [0.29, 0.717) is 5.92 Å². The highest BCUT2D eigenvalue weighted by molar-refractivity contribution is 5.82. The molecule has 3 rings (SSSR count). The number of nitrogens with zero attached hydrogens (tertiary/aromatic N) is 3. The van der Waals surface area contributed by atoms with Crippen molar-refractivity contribution in [2.45, 2.75) is 24.8 Å². The number of likely N-dealkylation sites (N-methyl/N-ethyl adjacent to an activating group) is 1. The van der Waals surface area contributed by atoms with E-state index in [1.807, 2.05) is 56.8 Å². The zero-order valence-corrected chi connectivity index (χ0v) is 13.8. The summed E-state index contributed by atoms with van der Waals surface area (Å²) in [4.78, 5) is 16.7. The van der Waals surface area contributed by atoms with Crippen molar-refractivity contribution in [2.24, 2.45) is 0 Å². The van der Waals surface area contributed by atoms with Crippen molar-refractivity contribution in [3.8, 4) is 0 Å². The molecule has 1 aromatic heterocycles. The molecule has 0 radical (unpaired) electrons. The Morgan fingerprint density at radius 1 is 1.26 bits per heavy atom. The van der Waals surface area contributed by atoms with E-state index in [2.05, 4.69) is 15.1 Å². The van der Waals surface area contributed by atoms with Crippen LogP contribution in [0.25, 0.3) is 0 Å². The fourth-order valence-electron chi connectivity index (χ4n) is 3.36. The van der Waals surface area contributed by atoms with E-state index in [-0.39, 0.29) is 11.9 Å². The summed E-state index contributed by atoms with van der Waals surface area (Å²) in [5, 5.41) is 6.95. The largest absolute Gasteiger partial charge is 0.347 e. The van der Waals surface area contributed by atoms with Gasteiger partial charge in [-0.1, -0.05) is 30.3 Å². The van der Waals surface area contributed by atoms with Crippen LogP contribution in [0.1, 0.15) is 35.9 Å². The second kappa shape index (κ2) is 6.96. The van der Waals surface area contributed by atoms with Gasteiger partial charge in [0.15, 0.2) is 0 Å². The van der Waals surface area contributed by atoms with Gasteiger partial charge in [0.2, 0.25) is 5.91 Å². The first-order valence-electron chi connectivity index (χ1n) is 8.15. The number of carbonyl (C=O) groups excluding carboxylic acids is 1. The summed E-state index contributed by atoms with van der Waals surface area (Å²) in [5.74, 6) is 0.689. The van der Waals surface area contributed by atoms with Crippen LogP contribution in [-0.4, -0.2) is 53.1 Å². The van der Waals surface area contributed by atoms with Gasteiger partial charge in [0, 0.05) is 20.3 Å². The molecule has 2 aromatic rings. The van der Waals surface area contributed by atoms with E-state index in [4.69, 9.17) is 0 Å². The number of carbonyl (C=O) groups is 1. The number of hydrogen-bond acceptors (Lipinski definition) is 3. The number of likely N-dealkylation sites (tertiary alicyclic amines) is 1. The Morgan fingerprint density at radius 2 is 1.96 bits per heavy atom. The minimum absolute atomic E-state index is 0.151. The van der Waals surface area contributed by atoms with Gasteiger partial charge in [0.1, 0.15) is 6.04 Å². The van der Waals surface area contributed by atoms with Crippen LogP contribution in [-0.2, 0) is 4.79 Å². The molecule has 5 nitrogen and oxygen atoms in total. The van der Waals surface area contributed by atoms with Crippen LogP contribution >= 0.6 is 0 Å². The smallest absolute Gasteiger partial charge is 0.244 e. The van der Waals surface area contributed by atoms with Crippen molar-refractivity contribution in [2.75, 3.05) is 27.2 Å². The average molecular weight is 312 g/mol. The molecule has 2 heterocycles. The van der Waals surface area contributed by atoms with Crippen LogP contribution in [0.2, 0.25) is 0 Å². The fourth-order valence-corrected chi connectivity index (χ4v) is 3.36. The van der Waals surface area contributed by atoms with Crippen LogP contribution in [0.3, 0.4) is 0 Å². The monoisotopic (exact) mass is 312 g/mol. The predicted molar refractivity (Wildman–Crippen MR) is 90.0 cm³/mol. The molecule has 1 aliphatic heterocycles. The Hall–Kier alpha value is -2.14. The second-order valence-corrected chi connectivity index (χ2v) is 6.39. The third kappa shape index (κ3) is 3.45. The number of H-pyrrole nitrogens is 1. The highest BCUT2D eigenvalue weighted by Crippen LogP contribution is 2.32. The van der Waals surface area contributed by atoms with Crippen LogP contribution in [0.15, 0.2) is 42.7 Å². The third-order valence-corrected chi connectivity index (χ3v) is 4.68. The number of benzene rings is 1. The molecular weight excluding hydrogens is 288 g/mol. The molecule has 1 fully saturated rings. The van der Waals surface area contributed by atoms with Gasteiger partial charge in [-0.2, -0.15) is 5.10 Å². The molecule has 23 heavy (non-hydrogen) atoms. The molecule has 0 aliphatic carbocycles. The summed E-state index contributed by atoms with van der Waals surface area (Å²) in [6.07, 6.45) is 6.02. The number of rotatable bonds is 4. The minimum atomic E-state index is -0.184. The summed E-state index contributed by atoms with van der Waals surface area (Å²) in [6, 6.07) is 9.91. The van der Waals surface area contributed by atoms with Crippen LogP contribution in [0.4, 0.5) is 0 Å². The zero-order chi connectivity index (χ0) is 16.2. The lowest BCUT2D eigenvalue weighted by molar-refractivity contribution is -0.135. The van der Waals surface area contributed by atoms with Crippen LogP contribution < -0.4 is 0 Å². The molecule has 0 spiro atoms. The summed E-state index contributed by atoms with van der Waals surface area (Å²) < 4.78 is 0. The van der Waals surface area contributed by atoms with E-state index in [9.17, 15) is 4.79 Å². The fraction of sp³-hybridized carbons (Fsp3) is 0.444. The maximum atomic E-state index is 12.7. The highest BCUT2D eigenvalue weighted by Gasteiger charge is 2.32. The average Bonchev–Trinajstić information content (AvgIpc) is 3.11. The van der Waals surface area contributed by atoms with E-state index in [1.54, 1.807) is 4.90 Å². The Kier molecular flexibility index (Phi) is 4.76. The van der Waals surface area contributed by atoms with Gasteiger partial charge in [0.05, 0.1) is 6.20 Å². The standard InChI is InChI=1S/C18H24N4O/c1-21(2)18(23)17(15-6-4-3-5-7-15)22-10-8-14(9-11-22)16-12-19-20-13-16/h3-7,12-14,17H,8-11H2,1-2H3,(H,19,20)/t17-/m1/s1. The van der Waals surface area contributed by atoms with Crippen molar-refractivity contribution in [1.82, 2.24) is 20.0 Å². The molecule has 0 bridgehead atoms. The van der Waals surface area contributed by atoms with Crippen LogP contribution in [0.5, 0.6) is 0 Å². The molecule has 1 aromatic carbocycles. The highest BCUT2D eigenvalue weighted by atomic mass is 16.2. The van der Waals surface area contributed by atoms with E-state index < -0.39 is 0 Å². The number of aromatic amines is 1. The van der Waals surface area contributed by atoms with E-state index in [1.165, 1.54) is 5.56 Å². The first kappa shape index (κ1) is 15.7. The lowest BCUT2D eigenvalue weighted by Gasteiger charge is -2.37. The molecule has 1 N–H and O–H groups in total. The van der Waals surface area contributed by atoms with Crippen molar-refractivity contribution in [1.29, 1.82) is 0 Å². The number of piperidine rings is 1.